The molecule has 2 heterocycles. The molecule has 0 atom stereocenters. The summed E-state index contributed by atoms with van der Waals surface area (Å²) in [6.45, 7) is 4.02. The molecule has 0 fully saturated rings. The molecule has 4 nitrogen and oxygen atoms in total. The topological polar surface area (TPSA) is 49.8 Å². The van der Waals surface area contributed by atoms with Crippen LogP contribution >= 0.6 is 24.8 Å². The molecule has 6 heteroatoms. The number of nitrogens with zero attached hydrogens (tertiary/aromatic N) is 2. The third kappa shape index (κ3) is 3.82. The van der Waals surface area contributed by atoms with Crippen LogP contribution < -0.4 is 10.6 Å². The van der Waals surface area contributed by atoms with E-state index < -0.39 is 0 Å². The second kappa shape index (κ2) is 8.15. The molecule has 0 radical (unpaired) electrons. The first-order chi connectivity index (χ1) is 10.8. The third-order valence-corrected chi connectivity index (χ3v) is 4.69. The molecule has 130 valence electrons. The van der Waals surface area contributed by atoms with Crippen LogP contribution in [0.15, 0.2) is 24.3 Å². The minimum absolute atomic E-state index is 0. The maximum absolute atomic E-state index is 4.70. The highest BCUT2D eigenvalue weighted by Gasteiger charge is 2.23. The molecule has 2 N–H and O–H groups in total. The van der Waals surface area contributed by atoms with Crippen molar-refractivity contribution in [3.05, 3.63) is 52.5 Å². The quantitative estimate of drug-likeness (QED) is 0.857. The Bertz CT molecular complexity index is 680. The Labute approximate surface area is 155 Å². The van der Waals surface area contributed by atoms with E-state index in [0.717, 1.165) is 50.4 Å². The maximum atomic E-state index is 4.70. The van der Waals surface area contributed by atoms with Gasteiger partial charge in [0.05, 0.1) is 5.69 Å². The second-order valence-corrected chi connectivity index (χ2v) is 6.31. The number of anilines is 1. The third-order valence-electron chi connectivity index (χ3n) is 4.69. The number of rotatable bonds is 2. The highest BCUT2D eigenvalue weighted by molar-refractivity contribution is 5.85. The first kappa shape index (κ1) is 19.0. The Balaban J connectivity index is 0.00000104. The lowest BCUT2D eigenvalue weighted by atomic mass is 10.1. The zero-order valence-corrected chi connectivity index (χ0v) is 15.5. The summed E-state index contributed by atoms with van der Waals surface area (Å²) in [6, 6.07) is 9.20. The van der Waals surface area contributed by atoms with Crippen LogP contribution in [-0.4, -0.2) is 29.1 Å². The van der Waals surface area contributed by atoms with Gasteiger partial charge in [0.25, 0.3) is 0 Å². The number of aromatic nitrogens is 2. The fraction of sp³-hybridized carbons (Fsp3) is 0.444. The lowest BCUT2D eigenvalue weighted by Gasteiger charge is -2.18. The Morgan fingerprint density at radius 1 is 1.00 bits per heavy atom. The zero-order valence-electron chi connectivity index (χ0n) is 13.8. The molecular formula is C18H24Cl2N4. The number of benzene rings is 1. The highest BCUT2D eigenvalue weighted by Crippen LogP contribution is 2.26. The molecule has 1 aliphatic heterocycles. The van der Waals surface area contributed by atoms with Gasteiger partial charge in [-0.3, -0.25) is 0 Å². The van der Waals surface area contributed by atoms with Crippen molar-refractivity contribution >= 4 is 30.6 Å². The summed E-state index contributed by atoms with van der Waals surface area (Å²) in [5.41, 5.74) is 5.47. The SMILES string of the molecule is Cc1nc2c(c(NC3Cc4ccccc4C3)n1)CCNCC2.Cl.Cl. The van der Waals surface area contributed by atoms with Gasteiger partial charge in [-0.15, -0.1) is 24.8 Å². The predicted octanol–water partition coefficient (Wildman–Crippen LogP) is 2.90. The number of halogens is 2. The molecule has 4 rings (SSSR count). The number of nitrogens with one attached hydrogen (secondary N) is 2. The maximum Gasteiger partial charge on any atom is 0.133 e. The van der Waals surface area contributed by atoms with Crippen LogP contribution in [0.5, 0.6) is 0 Å². The van der Waals surface area contributed by atoms with Gasteiger partial charge >= 0.3 is 0 Å². The van der Waals surface area contributed by atoms with Gasteiger partial charge in [0.1, 0.15) is 11.6 Å². The van der Waals surface area contributed by atoms with Gasteiger partial charge in [0.15, 0.2) is 0 Å². The van der Waals surface area contributed by atoms with Gasteiger partial charge in [-0.2, -0.15) is 0 Å². The van der Waals surface area contributed by atoms with Gasteiger partial charge in [-0.1, -0.05) is 24.3 Å². The largest absolute Gasteiger partial charge is 0.366 e. The molecule has 1 aromatic carbocycles. The van der Waals surface area contributed by atoms with Crippen LogP contribution in [0.2, 0.25) is 0 Å². The van der Waals surface area contributed by atoms with Gasteiger partial charge in [0, 0.05) is 24.6 Å². The number of fused-ring (bicyclic) bond motifs is 2. The average Bonchev–Trinajstić information content (AvgIpc) is 2.75. The van der Waals surface area contributed by atoms with E-state index in [0.29, 0.717) is 6.04 Å². The summed E-state index contributed by atoms with van der Waals surface area (Å²) in [6.07, 6.45) is 4.19. The van der Waals surface area contributed by atoms with E-state index in [1.165, 1.54) is 22.4 Å². The highest BCUT2D eigenvalue weighted by atomic mass is 35.5. The minimum Gasteiger partial charge on any atom is -0.366 e. The van der Waals surface area contributed by atoms with Crippen molar-refractivity contribution in [2.24, 2.45) is 0 Å². The Morgan fingerprint density at radius 2 is 1.67 bits per heavy atom. The molecule has 0 amide bonds. The molecule has 2 aliphatic rings. The van der Waals surface area contributed by atoms with Crippen molar-refractivity contribution in [3.63, 3.8) is 0 Å². The Kier molecular flexibility index (Phi) is 6.44. The first-order valence-corrected chi connectivity index (χ1v) is 8.20. The van der Waals surface area contributed by atoms with E-state index in [1.807, 2.05) is 6.92 Å². The van der Waals surface area contributed by atoms with Crippen LogP contribution in [-0.2, 0) is 25.7 Å². The monoisotopic (exact) mass is 366 g/mol. The van der Waals surface area contributed by atoms with Crippen molar-refractivity contribution in [1.29, 1.82) is 0 Å². The Morgan fingerprint density at radius 3 is 2.38 bits per heavy atom. The van der Waals surface area contributed by atoms with Crippen molar-refractivity contribution in [2.45, 2.75) is 38.6 Å². The van der Waals surface area contributed by atoms with Crippen LogP contribution in [0.25, 0.3) is 0 Å². The molecule has 1 aromatic heterocycles. The lowest BCUT2D eigenvalue weighted by molar-refractivity contribution is 0.707. The van der Waals surface area contributed by atoms with Gasteiger partial charge < -0.3 is 10.6 Å². The van der Waals surface area contributed by atoms with E-state index >= 15 is 0 Å². The van der Waals surface area contributed by atoms with Crippen molar-refractivity contribution < 1.29 is 0 Å². The Hall–Kier alpha value is -1.36. The first-order valence-electron chi connectivity index (χ1n) is 8.20. The zero-order chi connectivity index (χ0) is 14.9. The number of hydrogen-bond donors (Lipinski definition) is 2. The van der Waals surface area contributed by atoms with Crippen molar-refractivity contribution in [2.75, 3.05) is 18.4 Å². The number of aryl methyl sites for hydroxylation is 1. The summed E-state index contributed by atoms with van der Waals surface area (Å²) in [5.74, 6) is 1.93. The van der Waals surface area contributed by atoms with E-state index in [9.17, 15) is 0 Å². The predicted molar refractivity (Wildman–Crippen MR) is 103 cm³/mol. The summed E-state index contributed by atoms with van der Waals surface area (Å²) >= 11 is 0. The average molecular weight is 367 g/mol. The smallest absolute Gasteiger partial charge is 0.133 e. The standard InChI is InChI=1S/C18H22N4.2ClH/c1-12-20-17-7-9-19-8-6-16(17)18(21-12)22-15-10-13-4-2-3-5-14(13)11-15;;/h2-5,15,19H,6-11H2,1H3,(H,20,21,22);2*1H. The van der Waals surface area contributed by atoms with Crippen LogP contribution in [0.4, 0.5) is 5.82 Å². The molecule has 0 spiro atoms. The molecule has 2 aromatic rings. The summed E-state index contributed by atoms with van der Waals surface area (Å²) in [7, 11) is 0. The van der Waals surface area contributed by atoms with Gasteiger partial charge in [-0.25, -0.2) is 9.97 Å². The van der Waals surface area contributed by atoms with Crippen molar-refractivity contribution in [3.8, 4) is 0 Å². The van der Waals surface area contributed by atoms with Crippen LogP contribution in [0, 0.1) is 6.92 Å². The van der Waals surface area contributed by atoms with Crippen molar-refractivity contribution in [1.82, 2.24) is 15.3 Å². The van der Waals surface area contributed by atoms with E-state index in [2.05, 4.69) is 39.9 Å². The van der Waals surface area contributed by atoms with E-state index in [4.69, 9.17) is 4.98 Å². The summed E-state index contributed by atoms with van der Waals surface area (Å²) < 4.78 is 0. The minimum atomic E-state index is 0. The molecule has 0 saturated carbocycles. The second-order valence-electron chi connectivity index (χ2n) is 6.31. The molecule has 1 aliphatic carbocycles. The lowest BCUT2D eigenvalue weighted by Crippen LogP contribution is -2.22. The molecular weight excluding hydrogens is 343 g/mol. The fourth-order valence-electron chi connectivity index (χ4n) is 3.64. The molecule has 0 unspecified atom stereocenters. The van der Waals surface area contributed by atoms with Crippen LogP contribution in [0.1, 0.15) is 28.2 Å². The molecule has 24 heavy (non-hydrogen) atoms. The summed E-state index contributed by atoms with van der Waals surface area (Å²) in [4.78, 5) is 9.36. The number of hydrogen-bond acceptors (Lipinski definition) is 4. The van der Waals surface area contributed by atoms with Crippen LogP contribution in [0.3, 0.4) is 0 Å². The summed E-state index contributed by atoms with van der Waals surface area (Å²) in [5, 5.41) is 7.16. The fourth-order valence-corrected chi connectivity index (χ4v) is 3.64. The van der Waals surface area contributed by atoms with Gasteiger partial charge in [0.2, 0.25) is 0 Å². The normalized spacial score (nSPS) is 16.2. The van der Waals surface area contributed by atoms with Gasteiger partial charge in [-0.05, 0) is 43.9 Å². The van der Waals surface area contributed by atoms with E-state index in [-0.39, 0.29) is 24.8 Å². The molecule has 0 saturated heterocycles. The molecule has 0 bridgehead atoms. The van der Waals surface area contributed by atoms with E-state index in [1.54, 1.807) is 0 Å².